The molecule has 2 aromatic carbocycles. The van der Waals surface area contributed by atoms with Crippen molar-refractivity contribution >= 4 is 52.3 Å². The molecule has 4 rings (SSSR count). The number of benzene rings is 2. The van der Waals surface area contributed by atoms with Gasteiger partial charge in [0.2, 0.25) is 0 Å². The van der Waals surface area contributed by atoms with Gasteiger partial charge in [-0.15, -0.1) is 11.8 Å². The highest BCUT2D eigenvalue weighted by Gasteiger charge is 2.50. The molecule has 2 heterocycles. The third kappa shape index (κ3) is 2.78. The number of anilines is 1. The summed E-state index contributed by atoms with van der Waals surface area (Å²) in [7, 11) is 1.65. The van der Waals surface area contributed by atoms with Gasteiger partial charge in [-0.25, -0.2) is 0 Å². The molecule has 0 radical (unpaired) electrons. The average molecular weight is 391 g/mol. The quantitative estimate of drug-likeness (QED) is 0.737. The van der Waals surface area contributed by atoms with Gasteiger partial charge in [-0.05, 0) is 54.2 Å². The Hall–Kier alpha value is -1.76. The Morgan fingerprint density at radius 2 is 1.84 bits per heavy atom. The number of carbonyl (C=O) groups excluding carboxylic acids is 1. The number of methoxy groups -OCH3 is 1. The first-order chi connectivity index (χ1) is 12.1. The largest absolute Gasteiger partial charge is 0.497 e. The second-order valence-electron chi connectivity index (χ2n) is 5.81. The van der Waals surface area contributed by atoms with Crippen LogP contribution in [0.2, 0.25) is 5.02 Å². The molecule has 0 N–H and O–H groups in total. The van der Waals surface area contributed by atoms with E-state index in [1.807, 2.05) is 41.3 Å². The van der Waals surface area contributed by atoms with E-state index in [0.717, 1.165) is 22.8 Å². The van der Waals surface area contributed by atoms with Gasteiger partial charge in [0.15, 0.2) is 5.11 Å². The summed E-state index contributed by atoms with van der Waals surface area (Å²) >= 11 is 13.3. The Labute approximate surface area is 160 Å². The predicted octanol–water partition coefficient (Wildman–Crippen LogP) is 4.10. The Kier molecular flexibility index (Phi) is 4.35. The number of hydrogen-bond acceptors (Lipinski definition) is 4. The third-order valence-electron chi connectivity index (χ3n) is 4.40. The smallest absolute Gasteiger partial charge is 0.257 e. The van der Waals surface area contributed by atoms with Gasteiger partial charge in [-0.2, -0.15) is 0 Å². The maximum Gasteiger partial charge on any atom is 0.257 e. The highest BCUT2D eigenvalue weighted by Crippen LogP contribution is 2.46. The SMILES string of the molecule is COc1ccc(C2SCC3C(=O)N(c4ccc(Cl)cc4)C(=S)N32)cc1. The van der Waals surface area contributed by atoms with Crippen LogP contribution in [0.15, 0.2) is 48.5 Å². The van der Waals surface area contributed by atoms with Crippen molar-refractivity contribution in [3.05, 3.63) is 59.1 Å². The summed E-state index contributed by atoms with van der Waals surface area (Å²) in [6.07, 6.45) is 0. The van der Waals surface area contributed by atoms with Crippen LogP contribution in [0.4, 0.5) is 5.69 Å². The van der Waals surface area contributed by atoms with Crippen LogP contribution < -0.4 is 9.64 Å². The van der Waals surface area contributed by atoms with Crippen molar-refractivity contribution in [1.82, 2.24) is 4.90 Å². The van der Waals surface area contributed by atoms with Gasteiger partial charge in [0, 0.05) is 10.8 Å². The Bertz CT molecular complexity index is 826. The van der Waals surface area contributed by atoms with Crippen LogP contribution in [-0.4, -0.2) is 34.8 Å². The molecular weight excluding hydrogens is 376 g/mol. The molecular formula is C18H15ClN2O2S2. The summed E-state index contributed by atoms with van der Waals surface area (Å²) < 4.78 is 5.22. The molecule has 0 bridgehead atoms. The molecule has 7 heteroatoms. The van der Waals surface area contributed by atoms with Gasteiger partial charge in [-0.1, -0.05) is 23.7 Å². The van der Waals surface area contributed by atoms with E-state index < -0.39 is 0 Å². The van der Waals surface area contributed by atoms with Crippen LogP contribution >= 0.6 is 35.6 Å². The number of fused-ring (bicyclic) bond motifs is 1. The minimum absolute atomic E-state index is 0.0239. The second-order valence-corrected chi connectivity index (χ2v) is 7.73. The molecule has 2 fully saturated rings. The number of halogens is 1. The first-order valence-corrected chi connectivity index (χ1v) is 9.61. The summed E-state index contributed by atoms with van der Waals surface area (Å²) in [6.45, 7) is 0. The minimum atomic E-state index is -0.222. The van der Waals surface area contributed by atoms with Crippen LogP contribution in [0.25, 0.3) is 0 Å². The molecule has 0 saturated carbocycles. The zero-order valence-corrected chi connectivity index (χ0v) is 15.8. The maximum atomic E-state index is 12.9. The topological polar surface area (TPSA) is 32.8 Å². The average Bonchev–Trinajstić information content (AvgIpc) is 3.17. The molecule has 0 aromatic heterocycles. The fourth-order valence-electron chi connectivity index (χ4n) is 3.14. The van der Waals surface area contributed by atoms with Crippen molar-refractivity contribution in [3.8, 4) is 5.75 Å². The molecule has 4 nitrogen and oxygen atoms in total. The lowest BCUT2D eigenvalue weighted by molar-refractivity contribution is -0.119. The van der Waals surface area contributed by atoms with Crippen LogP contribution in [0, 0.1) is 0 Å². The van der Waals surface area contributed by atoms with Crippen LogP contribution in [0.3, 0.4) is 0 Å². The highest BCUT2D eigenvalue weighted by molar-refractivity contribution is 7.99. The number of rotatable bonds is 3. The number of hydrogen-bond donors (Lipinski definition) is 0. The number of ether oxygens (including phenoxy) is 1. The zero-order chi connectivity index (χ0) is 17.6. The van der Waals surface area contributed by atoms with Crippen molar-refractivity contribution in [1.29, 1.82) is 0 Å². The van der Waals surface area contributed by atoms with Crippen LogP contribution in [0.1, 0.15) is 10.9 Å². The highest BCUT2D eigenvalue weighted by atomic mass is 35.5. The molecule has 2 aliphatic rings. The first-order valence-electron chi connectivity index (χ1n) is 7.77. The summed E-state index contributed by atoms with van der Waals surface area (Å²) in [5, 5.41) is 1.21. The number of thioether (sulfide) groups is 1. The lowest BCUT2D eigenvalue weighted by Crippen LogP contribution is -2.33. The molecule has 128 valence electrons. The van der Waals surface area contributed by atoms with E-state index in [1.54, 1.807) is 35.9 Å². The molecule has 25 heavy (non-hydrogen) atoms. The van der Waals surface area contributed by atoms with Crippen molar-refractivity contribution in [2.24, 2.45) is 0 Å². The number of carbonyl (C=O) groups is 1. The Morgan fingerprint density at radius 1 is 1.16 bits per heavy atom. The first kappa shape index (κ1) is 16.7. The van der Waals surface area contributed by atoms with Crippen molar-refractivity contribution in [2.75, 3.05) is 17.8 Å². The molecule has 2 atom stereocenters. The van der Waals surface area contributed by atoms with E-state index in [2.05, 4.69) is 0 Å². The van der Waals surface area contributed by atoms with Gasteiger partial charge in [0.05, 0.1) is 12.8 Å². The second kappa shape index (κ2) is 6.52. The Morgan fingerprint density at radius 3 is 2.48 bits per heavy atom. The van der Waals surface area contributed by atoms with E-state index in [-0.39, 0.29) is 17.3 Å². The van der Waals surface area contributed by atoms with Crippen molar-refractivity contribution in [2.45, 2.75) is 11.4 Å². The van der Waals surface area contributed by atoms with Gasteiger partial charge < -0.3 is 9.64 Å². The number of amides is 1. The van der Waals surface area contributed by atoms with E-state index in [4.69, 9.17) is 28.6 Å². The maximum absolute atomic E-state index is 12.9. The van der Waals surface area contributed by atoms with E-state index in [1.165, 1.54) is 0 Å². The predicted molar refractivity (Wildman–Crippen MR) is 105 cm³/mol. The van der Waals surface area contributed by atoms with E-state index in [0.29, 0.717) is 10.1 Å². The van der Waals surface area contributed by atoms with E-state index >= 15 is 0 Å². The van der Waals surface area contributed by atoms with Gasteiger partial charge in [-0.3, -0.25) is 9.69 Å². The summed E-state index contributed by atoms with van der Waals surface area (Å²) in [6, 6.07) is 14.9. The standard InChI is InChI=1S/C18H15ClN2O2S2/c1-23-14-8-2-11(3-9-14)17-21-15(10-25-17)16(22)20(18(21)24)13-6-4-12(19)5-7-13/h2-9,15,17H,10H2,1H3. The summed E-state index contributed by atoms with van der Waals surface area (Å²) in [5.74, 6) is 1.56. The van der Waals surface area contributed by atoms with Gasteiger partial charge >= 0.3 is 0 Å². The molecule has 0 aliphatic carbocycles. The van der Waals surface area contributed by atoms with Gasteiger partial charge in [0.25, 0.3) is 5.91 Å². The molecule has 2 saturated heterocycles. The fraction of sp³-hybridized carbons (Fsp3) is 0.222. The monoisotopic (exact) mass is 390 g/mol. The lowest BCUT2D eigenvalue weighted by atomic mass is 10.2. The lowest BCUT2D eigenvalue weighted by Gasteiger charge is -2.25. The van der Waals surface area contributed by atoms with Crippen LogP contribution in [-0.2, 0) is 4.79 Å². The molecule has 2 aromatic rings. The summed E-state index contributed by atoms with van der Waals surface area (Å²) in [5.41, 5.74) is 1.87. The normalized spacial score (nSPS) is 22.5. The van der Waals surface area contributed by atoms with E-state index in [9.17, 15) is 4.79 Å². The van der Waals surface area contributed by atoms with Crippen molar-refractivity contribution in [3.63, 3.8) is 0 Å². The zero-order valence-electron chi connectivity index (χ0n) is 13.4. The molecule has 2 unspecified atom stereocenters. The third-order valence-corrected chi connectivity index (χ3v) is 6.37. The van der Waals surface area contributed by atoms with Gasteiger partial charge in [0.1, 0.15) is 17.2 Å². The Balaban J connectivity index is 1.65. The summed E-state index contributed by atoms with van der Waals surface area (Å²) in [4.78, 5) is 16.5. The number of nitrogens with zero attached hydrogens (tertiary/aromatic N) is 2. The van der Waals surface area contributed by atoms with Crippen molar-refractivity contribution < 1.29 is 9.53 Å². The minimum Gasteiger partial charge on any atom is -0.497 e. The van der Waals surface area contributed by atoms with Crippen LogP contribution in [0.5, 0.6) is 5.75 Å². The molecule has 1 amide bonds. The molecule has 2 aliphatic heterocycles. The molecule has 0 spiro atoms. The fourth-order valence-corrected chi connectivity index (χ4v) is 5.19. The number of thiocarbonyl (C=S) groups is 1.